The van der Waals surface area contributed by atoms with Crippen LogP contribution in [0.4, 0.5) is 0 Å². The number of para-hydroxylation sites is 1. The van der Waals surface area contributed by atoms with E-state index in [2.05, 4.69) is 41.6 Å². The van der Waals surface area contributed by atoms with Gasteiger partial charge < -0.3 is 24.8 Å². The summed E-state index contributed by atoms with van der Waals surface area (Å²) in [7, 11) is 2.13. The smallest absolute Gasteiger partial charge is 0.230 e. The van der Waals surface area contributed by atoms with Gasteiger partial charge in [-0.05, 0) is 88.0 Å². The molecule has 3 aliphatic rings. The molecule has 3 N–H and O–H groups in total. The SMILES string of the molecule is CC1CN(C(C)CO)C(=O)C2CC(C3CCNCC3)CNC2OC1CN(C)Cc1ccc(Oc2ccccc2)cc1. The molecule has 0 spiro atoms. The normalized spacial score (nSPS) is 28.6. The molecule has 3 heterocycles. The van der Waals surface area contributed by atoms with Crippen LogP contribution in [-0.4, -0.2) is 85.6 Å². The summed E-state index contributed by atoms with van der Waals surface area (Å²) in [6.07, 6.45) is 2.84. The number of aliphatic hydroxyl groups is 1. The van der Waals surface area contributed by atoms with Gasteiger partial charge in [0.05, 0.1) is 24.7 Å². The molecule has 2 aromatic carbocycles. The first kappa shape index (κ1) is 30.0. The van der Waals surface area contributed by atoms with Crippen molar-refractivity contribution in [3.63, 3.8) is 0 Å². The van der Waals surface area contributed by atoms with Gasteiger partial charge in [-0.15, -0.1) is 0 Å². The van der Waals surface area contributed by atoms with Crippen LogP contribution in [0.5, 0.6) is 11.5 Å². The molecule has 1 amide bonds. The quantitative estimate of drug-likeness (QED) is 0.428. The molecule has 3 aliphatic heterocycles. The van der Waals surface area contributed by atoms with Crippen LogP contribution in [-0.2, 0) is 16.1 Å². The maximum atomic E-state index is 13.9. The largest absolute Gasteiger partial charge is 0.457 e. The Balaban J connectivity index is 1.24. The second-order valence-electron chi connectivity index (χ2n) is 12.4. The standard InChI is InChI=1S/C33H48N4O4/c1-23-19-37(24(2)22-38)33(39)30-17-27(26-13-15-34-16-14-26)18-35-32(30)41-31(23)21-36(3)20-25-9-11-29(12-10-25)40-28-7-5-4-6-8-28/h4-12,23-24,26-27,30-32,34-35,38H,13-22H2,1-3H3. The number of benzene rings is 2. The van der Waals surface area contributed by atoms with E-state index in [0.29, 0.717) is 18.4 Å². The molecule has 0 saturated carbocycles. The van der Waals surface area contributed by atoms with E-state index < -0.39 is 0 Å². The maximum absolute atomic E-state index is 13.9. The van der Waals surface area contributed by atoms with E-state index in [9.17, 15) is 9.90 Å². The van der Waals surface area contributed by atoms with E-state index in [4.69, 9.17) is 9.47 Å². The molecule has 0 aromatic heterocycles. The summed E-state index contributed by atoms with van der Waals surface area (Å²) in [4.78, 5) is 18.1. The minimum absolute atomic E-state index is 0.0313. The lowest BCUT2D eigenvalue weighted by Gasteiger charge is -2.47. The van der Waals surface area contributed by atoms with Crippen LogP contribution in [0.25, 0.3) is 0 Å². The fourth-order valence-corrected chi connectivity index (χ4v) is 6.73. The summed E-state index contributed by atoms with van der Waals surface area (Å²) < 4.78 is 12.7. The number of fused-ring (bicyclic) bond motifs is 1. The minimum atomic E-state index is -0.301. The molecule has 0 bridgehead atoms. The molecule has 41 heavy (non-hydrogen) atoms. The zero-order valence-corrected chi connectivity index (χ0v) is 24.9. The average Bonchev–Trinajstić information content (AvgIpc) is 3.00. The Bertz CT molecular complexity index is 1090. The van der Waals surface area contributed by atoms with E-state index in [1.165, 1.54) is 18.4 Å². The third-order valence-electron chi connectivity index (χ3n) is 9.24. The molecule has 8 heteroatoms. The van der Waals surface area contributed by atoms with E-state index in [0.717, 1.165) is 50.6 Å². The number of aliphatic hydroxyl groups excluding tert-OH is 1. The fourth-order valence-electron chi connectivity index (χ4n) is 6.73. The second-order valence-corrected chi connectivity index (χ2v) is 12.4. The molecular formula is C33H48N4O4. The van der Waals surface area contributed by atoms with E-state index in [1.807, 2.05) is 54.3 Å². The molecular weight excluding hydrogens is 516 g/mol. The van der Waals surface area contributed by atoms with Gasteiger partial charge in [0.15, 0.2) is 0 Å². The van der Waals surface area contributed by atoms with Gasteiger partial charge in [0.1, 0.15) is 17.7 Å². The Hall–Kier alpha value is -2.49. The summed E-state index contributed by atoms with van der Waals surface area (Å²) in [6.45, 7) is 9.22. The summed E-state index contributed by atoms with van der Waals surface area (Å²) in [5.41, 5.74) is 1.20. The Kier molecular flexibility index (Phi) is 10.3. The Labute approximate surface area is 245 Å². The number of ether oxygens (including phenoxy) is 2. The Morgan fingerprint density at radius 1 is 1.07 bits per heavy atom. The zero-order chi connectivity index (χ0) is 28.8. The van der Waals surface area contributed by atoms with Crippen LogP contribution >= 0.6 is 0 Å². The molecule has 6 unspecified atom stereocenters. The molecule has 6 atom stereocenters. The van der Waals surface area contributed by atoms with Crippen LogP contribution in [0.2, 0.25) is 0 Å². The van der Waals surface area contributed by atoms with Crippen molar-refractivity contribution in [1.29, 1.82) is 0 Å². The van der Waals surface area contributed by atoms with Crippen LogP contribution in [0.3, 0.4) is 0 Å². The number of piperidine rings is 2. The predicted molar refractivity (Wildman–Crippen MR) is 161 cm³/mol. The maximum Gasteiger partial charge on any atom is 0.230 e. The van der Waals surface area contributed by atoms with Crippen LogP contribution in [0, 0.1) is 23.7 Å². The van der Waals surface area contributed by atoms with E-state index in [1.54, 1.807) is 0 Å². The number of hydrogen-bond acceptors (Lipinski definition) is 7. The fraction of sp³-hybridized carbons (Fsp3) is 0.606. The van der Waals surface area contributed by atoms with Crippen molar-refractivity contribution in [1.82, 2.24) is 20.4 Å². The third-order valence-corrected chi connectivity index (χ3v) is 9.24. The van der Waals surface area contributed by atoms with Gasteiger partial charge in [0.2, 0.25) is 5.91 Å². The molecule has 8 nitrogen and oxygen atoms in total. The van der Waals surface area contributed by atoms with Gasteiger partial charge in [-0.25, -0.2) is 0 Å². The average molecular weight is 565 g/mol. The summed E-state index contributed by atoms with van der Waals surface area (Å²) >= 11 is 0. The van der Waals surface area contributed by atoms with E-state index in [-0.39, 0.29) is 42.7 Å². The van der Waals surface area contributed by atoms with Crippen molar-refractivity contribution in [2.45, 2.75) is 58.0 Å². The number of amides is 1. The lowest BCUT2D eigenvalue weighted by atomic mass is 9.76. The van der Waals surface area contributed by atoms with Gasteiger partial charge in [-0.3, -0.25) is 15.0 Å². The highest BCUT2D eigenvalue weighted by atomic mass is 16.5. The van der Waals surface area contributed by atoms with Crippen molar-refractivity contribution in [3.05, 3.63) is 60.2 Å². The number of hydrogen-bond donors (Lipinski definition) is 3. The highest BCUT2D eigenvalue weighted by Gasteiger charge is 2.44. The van der Waals surface area contributed by atoms with Gasteiger partial charge in [-0.1, -0.05) is 37.3 Å². The van der Waals surface area contributed by atoms with Gasteiger partial charge >= 0.3 is 0 Å². The van der Waals surface area contributed by atoms with Crippen molar-refractivity contribution in [3.8, 4) is 11.5 Å². The number of rotatable bonds is 9. The minimum Gasteiger partial charge on any atom is -0.457 e. The molecule has 2 aromatic rings. The number of likely N-dealkylation sites (N-methyl/N-ethyl adjacent to an activating group) is 1. The number of nitrogens with zero attached hydrogens (tertiary/aromatic N) is 2. The lowest BCUT2D eigenvalue weighted by molar-refractivity contribution is -0.169. The topological polar surface area (TPSA) is 86.3 Å². The van der Waals surface area contributed by atoms with Crippen LogP contribution < -0.4 is 15.4 Å². The second kappa shape index (κ2) is 14.1. The van der Waals surface area contributed by atoms with Crippen molar-refractivity contribution >= 4 is 5.91 Å². The first-order valence-electron chi connectivity index (χ1n) is 15.4. The third kappa shape index (κ3) is 7.67. The van der Waals surface area contributed by atoms with Crippen molar-refractivity contribution in [2.75, 3.05) is 46.4 Å². The summed E-state index contributed by atoms with van der Waals surface area (Å²) in [6, 6.07) is 17.9. The van der Waals surface area contributed by atoms with Gasteiger partial charge in [0.25, 0.3) is 0 Å². The van der Waals surface area contributed by atoms with Gasteiger partial charge in [0, 0.05) is 32.1 Å². The number of nitrogens with one attached hydrogen (secondary N) is 2. The lowest BCUT2D eigenvalue weighted by Crippen LogP contribution is -2.61. The molecule has 0 aliphatic carbocycles. The summed E-state index contributed by atoms with van der Waals surface area (Å²) in [5, 5.41) is 17.1. The molecule has 3 saturated heterocycles. The number of carbonyl (C=O) groups excluding carboxylic acids is 1. The van der Waals surface area contributed by atoms with Crippen LogP contribution in [0.15, 0.2) is 54.6 Å². The molecule has 3 fully saturated rings. The Morgan fingerprint density at radius 3 is 2.49 bits per heavy atom. The molecule has 224 valence electrons. The highest BCUT2D eigenvalue weighted by molar-refractivity contribution is 5.80. The van der Waals surface area contributed by atoms with Crippen molar-refractivity contribution in [2.24, 2.45) is 23.7 Å². The summed E-state index contributed by atoms with van der Waals surface area (Å²) in [5.74, 6) is 2.78. The van der Waals surface area contributed by atoms with Crippen molar-refractivity contribution < 1.29 is 19.4 Å². The Morgan fingerprint density at radius 2 is 1.78 bits per heavy atom. The predicted octanol–water partition coefficient (Wildman–Crippen LogP) is 3.71. The van der Waals surface area contributed by atoms with Crippen LogP contribution in [0.1, 0.15) is 38.7 Å². The first-order chi connectivity index (χ1) is 19.9. The zero-order valence-electron chi connectivity index (χ0n) is 24.9. The number of carbonyl (C=O) groups is 1. The van der Waals surface area contributed by atoms with E-state index >= 15 is 0 Å². The monoisotopic (exact) mass is 564 g/mol. The first-order valence-corrected chi connectivity index (χ1v) is 15.4. The van der Waals surface area contributed by atoms with Gasteiger partial charge in [-0.2, -0.15) is 0 Å². The molecule has 0 radical (unpaired) electrons. The highest BCUT2D eigenvalue weighted by Crippen LogP contribution is 2.35. The molecule has 5 rings (SSSR count).